The summed E-state index contributed by atoms with van der Waals surface area (Å²) in [6, 6.07) is -9.48. The van der Waals surface area contributed by atoms with E-state index in [1.807, 2.05) is 13.8 Å². The first-order valence-corrected chi connectivity index (χ1v) is 34.0. The molecule has 4 N–H and O–H groups in total. The van der Waals surface area contributed by atoms with Crippen molar-refractivity contribution in [2.75, 3.05) is 54.9 Å². The minimum atomic E-state index is -4.49. The molecule has 3 unspecified atom stereocenters. The fourth-order valence-electron chi connectivity index (χ4n) is 15.0. The van der Waals surface area contributed by atoms with Crippen LogP contribution < -0.4 is 21.3 Å². The number of alkyl halides is 4. The highest BCUT2D eigenvalue weighted by Crippen LogP contribution is 2.44. The first-order valence-electron chi connectivity index (χ1n) is 33.6. The number of carbonyl (C=O) groups excluding carboxylic acids is 11. The van der Waals surface area contributed by atoms with E-state index >= 15 is 9.59 Å². The number of amides is 11. The number of rotatable bonds is 9. The van der Waals surface area contributed by atoms with Gasteiger partial charge in [0.2, 0.25) is 65.0 Å². The Balaban J connectivity index is 1.21. The van der Waals surface area contributed by atoms with E-state index in [9.17, 15) is 56.3 Å². The number of likely N-dealkylation sites (N-methyl/N-ethyl adjacent to an activating group) is 5. The number of halogens is 4. The summed E-state index contributed by atoms with van der Waals surface area (Å²) in [5, 5.41) is 10.5. The van der Waals surface area contributed by atoms with Gasteiger partial charge in [-0.25, -0.2) is 0 Å². The highest BCUT2D eigenvalue weighted by atomic mass is 35.5. The van der Waals surface area contributed by atoms with E-state index in [4.69, 9.17) is 11.6 Å². The minimum absolute atomic E-state index is 0.0184. The number of nitrogens with zero attached hydrogens (tertiary/aromatic N) is 7. The molecule has 0 bridgehead atoms. The van der Waals surface area contributed by atoms with Crippen LogP contribution in [0.1, 0.15) is 183 Å². The van der Waals surface area contributed by atoms with Crippen LogP contribution in [0.2, 0.25) is 0 Å². The predicted molar refractivity (Wildman–Crippen MR) is 334 cm³/mol. The summed E-state index contributed by atoms with van der Waals surface area (Å²) in [4.78, 5) is 170. The maximum atomic E-state index is 15.1. The summed E-state index contributed by atoms with van der Waals surface area (Å²) >= 11 is 6.37. The molecule has 512 valence electrons. The molecule has 12 atom stereocenters. The standard InChI is InChI=1S/C65H103ClF3N11O11/c1-37(2)32-49-55(83)72-53(43-23-24-43)62(90)75(8)40(6)58(86)80-31-27-48(80)61(89)77(10)50(35-41-18-13-12-14-19-41)60(88)74(7)36-51(81)71-46(26-22-42-21-25-44(45(66)34-42)65(67,68)69)59(87)79-30-17-20-47(79)56(84)73-64(28-15-16-29-64)63(91)78(11)54(38(3)4)57(85)70-39(5)33-52(82)76(49)9/h37-50,53-54H,12-36H2,1-11H3,(H,70,85)(H,71,81)(H,72,83)(H,73,84)/t39-,40+,42?,44?,45?,46+,47+,48+,49+,50+,53+,54+/m1/s1. The number of nitrogens with one attached hydrogen (secondary N) is 4. The first kappa shape index (κ1) is 72.7. The largest absolute Gasteiger partial charge is 0.393 e. The molecular weight excluding hydrogens is 1200 g/mol. The van der Waals surface area contributed by atoms with Crippen molar-refractivity contribution in [3.8, 4) is 0 Å². The molecule has 91 heavy (non-hydrogen) atoms. The van der Waals surface area contributed by atoms with Gasteiger partial charge in [0.25, 0.3) is 0 Å². The van der Waals surface area contributed by atoms with Crippen molar-refractivity contribution in [3.05, 3.63) is 0 Å². The highest BCUT2D eigenvalue weighted by Gasteiger charge is 2.52. The van der Waals surface area contributed by atoms with Crippen LogP contribution in [0.15, 0.2) is 0 Å². The molecule has 1 spiro atoms. The zero-order valence-corrected chi connectivity index (χ0v) is 56.3. The van der Waals surface area contributed by atoms with Crippen LogP contribution in [-0.2, 0) is 52.7 Å². The average Bonchev–Trinajstić information content (AvgIpc) is 1.80. The lowest BCUT2D eigenvalue weighted by Gasteiger charge is -2.45. The van der Waals surface area contributed by atoms with Crippen LogP contribution in [0.25, 0.3) is 0 Å². The molecule has 4 saturated carbocycles. The third-order valence-electron chi connectivity index (χ3n) is 20.9. The SMILES string of the molecule is CC(C)C[C@H]1C(=O)N[C@@H](C2CC2)C(=O)N(C)[C@@H](C)C(=O)N2CC[C@H]2C(=O)N(C)[C@@H](CC2CCCCC2)C(=O)N(C)CC(=O)N[C@@H](CCC2CCC(C(F)(F)F)C(Cl)C2)C(=O)N2CCC[C@H]2C(=O)NC2(CCCC2)C(=O)N(C)[C@@H](C(C)C)C(=O)N[C@H](C)CC(=O)N1C. The maximum absolute atomic E-state index is 15.1. The van der Waals surface area contributed by atoms with Gasteiger partial charge in [-0.3, -0.25) is 52.7 Å². The lowest BCUT2D eigenvalue weighted by molar-refractivity contribution is -0.182. The van der Waals surface area contributed by atoms with Gasteiger partial charge in [-0.2, -0.15) is 13.2 Å². The molecule has 11 amide bonds. The maximum Gasteiger partial charge on any atom is 0.393 e. The van der Waals surface area contributed by atoms with Crippen LogP contribution >= 0.6 is 11.6 Å². The molecule has 26 heteroatoms. The summed E-state index contributed by atoms with van der Waals surface area (Å²) in [6.07, 6.45) is 4.13. The third-order valence-corrected chi connectivity index (χ3v) is 21.4. The Morgan fingerprint density at radius 1 is 0.593 bits per heavy atom. The van der Waals surface area contributed by atoms with Crippen molar-refractivity contribution in [3.63, 3.8) is 0 Å². The second-order valence-corrected chi connectivity index (χ2v) is 29.1. The van der Waals surface area contributed by atoms with Gasteiger partial charge in [-0.15, -0.1) is 11.6 Å². The van der Waals surface area contributed by atoms with Crippen LogP contribution in [0.4, 0.5) is 13.2 Å². The van der Waals surface area contributed by atoms with Crippen LogP contribution in [0.5, 0.6) is 0 Å². The van der Waals surface area contributed by atoms with E-state index in [0.717, 1.165) is 32.1 Å². The molecule has 3 saturated heterocycles. The molecule has 7 fully saturated rings. The lowest BCUT2D eigenvalue weighted by atomic mass is 9.78. The number of hydrogen-bond acceptors (Lipinski definition) is 11. The zero-order valence-electron chi connectivity index (χ0n) is 55.5. The molecule has 0 aromatic rings. The fraction of sp³-hybridized carbons (Fsp3) is 0.831. The van der Waals surface area contributed by atoms with Crippen molar-refractivity contribution in [2.45, 2.75) is 254 Å². The van der Waals surface area contributed by atoms with E-state index in [2.05, 4.69) is 21.3 Å². The normalized spacial score (nSPS) is 32.2. The monoisotopic (exact) mass is 1310 g/mol. The Kier molecular flexibility index (Phi) is 24.8. The van der Waals surface area contributed by atoms with E-state index in [1.54, 1.807) is 27.7 Å². The first-order chi connectivity index (χ1) is 42.8. The Hall–Kier alpha value is -5.75. The van der Waals surface area contributed by atoms with Crippen LogP contribution in [-0.4, -0.2) is 226 Å². The van der Waals surface area contributed by atoms with Gasteiger partial charge >= 0.3 is 6.18 Å². The van der Waals surface area contributed by atoms with E-state index < -0.39 is 155 Å². The zero-order chi connectivity index (χ0) is 67.1. The summed E-state index contributed by atoms with van der Waals surface area (Å²) < 4.78 is 41.8. The fourth-order valence-corrected chi connectivity index (χ4v) is 15.6. The molecule has 3 aliphatic heterocycles. The van der Waals surface area contributed by atoms with Crippen LogP contribution in [0.3, 0.4) is 0 Å². The minimum Gasteiger partial charge on any atom is -0.351 e. The molecule has 0 radical (unpaired) electrons. The molecule has 0 aromatic carbocycles. The average molecular weight is 1310 g/mol. The second-order valence-electron chi connectivity index (χ2n) is 28.6. The van der Waals surface area contributed by atoms with Crippen molar-refractivity contribution in [1.82, 2.24) is 55.6 Å². The molecule has 7 rings (SSSR count). The Bertz CT molecular complexity index is 2670. The smallest absolute Gasteiger partial charge is 0.351 e. The highest BCUT2D eigenvalue weighted by molar-refractivity contribution is 6.20. The van der Waals surface area contributed by atoms with Gasteiger partial charge in [0.15, 0.2) is 0 Å². The molecular formula is C65H103ClF3N11O11. The number of carbonyl (C=O) groups is 11. The third kappa shape index (κ3) is 17.5. The summed E-state index contributed by atoms with van der Waals surface area (Å²) in [7, 11) is 7.38. The summed E-state index contributed by atoms with van der Waals surface area (Å²) in [6.45, 7) is 10.3. The Labute approximate surface area is 540 Å². The predicted octanol–water partition coefficient (Wildman–Crippen LogP) is 5.12. The van der Waals surface area contributed by atoms with Crippen molar-refractivity contribution in [2.24, 2.45) is 35.5 Å². The van der Waals surface area contributed by atoms with Gasteiger partial charge in [-0.1, -0.05) is 72.6 Å². The molecule has 22 nitrogen and oxygen atoms in total. The Morgan fingerprint density at radius 3 is 1.82 bits per heavy atom. The lowest BCUT2D eigenvalue weighted by Crippen LogP contribution is -2.65. The van der Waals surface area contributed by atoms with Gasteiger partial charge in [0, 0.05) is 66.2 Å². The molecule has 7 aliphatic rings. The van der Waals surface area contributed by atoms with E-state index in [1.165, 1.54) is 69.5 Å². The molecule has 4 aliphatic carbocycles. The summed E-state index contributed by atoms with van der Waals surface area (Å²) in [5.74, 6) is -8.97. The number of hydrogen-bond donors (Lipinski definition) is 4. The topological polar surface area (TPSA) is 259 Å². The second kappa shape index (κ2) is 31.0. The Morgan fingerprint density at radius 2 is 1.24 bits per heavy atom. The molecule has 0 aromatic heterocycles. The van der Waals surface area contributed by atoms with E-state index in [0.29, 0.717) is 32.1 Å². The quantitative estimate of drug-likeness (QED) is 0.220. The van der Waals surface area contributed by atoms with E-state index in [-0.39, 0.29) is 114 Å². The van der Waals surface area contributed by atoms with Gasteiger partial charge < -0.3 is 55.6 Å². The van der Waals surface area contributed by atoms with Crippen LogP contribution in [0, 0.1) is 35.5 Å². The number of fused-ring (bicyclic) bond motifs is 2. The summed E-state index contributed by atoms with van der Waals surface area (Å²) in [5.41, 5.74) is -1.47. The van der Waals surface area contributed by atoms with Crippen molar-refractivity contribution >= 4 is 76.6 Å². The van der Waals surface area contributed by atoms with Gasteiger partial charge in [0.05, 0.1) is 12.5 Å². The van der Waals surface area contributed by atoms with Gasteiger partial charge in [-0.05, 0) is 133 Å². The van der Waals surface area contributed by atoms with Gasteiger partial charge in [0.1, 0.15) is 53.9 Å². The van der Waals surface area contributed by atoms with Crippen molar-refractivity contribution in [1.29, 1.82) is 0 Å². The van der Waals surface area contributed by atoms with Crippen molar-refractivity contribution < 1.29 is 65.9 Å². The molecule has 3 heterocycles.